The Kier molecular flexibility index (Phi) is 6.05. The molecule has 0 unspecified atom stereocenters. The second kappa shape index (κ2) is 9.15. The average molecular weight is 537 g/mol. The van der Waals surface area contributed by atoms with Gasteiger partial charge in [0.25, 0.3) is 11.5 Å². The number of carbonyl (C=O) groups is 1. The average Bonchev–Trinajstić information content (AvgIpc) is 3.46. The molecular weight excluding hydrogens is 516 g/mol. The van der Waals surface area contributed by atoms with Gasteiger partial charge in [-0.25, -0.2) is 0 Å². The normalized spacial score (nSPS) is 14.6. The minimum atomic E-state index is -0.354. The number of nitrogens with zero attached hydrogens (tertiary/aromatic N) is 4. The van der Waals surface area contributed by atoms with Crippen LogP contribution in [-0.2, 0) is 4.79 Å². The van der Waals surface area contributed by atoms with E-state index in [1.54, 1.807) is 11.0 Å². The summed E-state index contributed by atoms with van der Waals surface area (Å²) in [5.74, 6) is 1.01. The third kappa shape index (κ3) is 3.84. The number of hydrogen-bond acceptors (Lipinski definition) is 6. The molecule has 1 amide bonds. The second-order valence-corrected chi connectivity index (χ2v) is 9.73. The first-order valence-electron chi connectivity index (χ1n) is 10.9. The summed E-state index contributed by atoms with van der Waals surface area (Å²) in [5.41, 5.74) is 2.27. The van der Waals surface area contributed by atoms with E-state index in [9.17, 15) is 9.59 Å². The number of aromatic nitrogens is 3. The number of halogens is 1. The van der Waals surface area contributed by atoms with Crippen molar-refractivity contribution in [3.8, 4) is 17.1 Å². The lowest BCUT2D eigenvalue weighted by Gasteiger charge is -2.14. The van der Waals surface area contributed by atoms with E-state index in [1.165, 1.54) is 15.9 Å². The van der Waals surface area contributed by atoms with Gasteiger partial charge in [-0.15, -0.1) is 11.7 Å². The summed E-state index contributed by atoms with van der Waals surface area (Å²) in [6, 6.07) is 13.1. The standard InChI is InChI=1S/C25H21BrN4O3S/c1-3-5-13-33-17-9-6-15(7-10-17)22-27-25-30(28-22)24(32)21(34-25)20-18-14-16(26)8-11-19(18)29(12-4-2)23(20)31/h4,6-11,14H,2-3,5,12-13H2,1H3. The molecule has 1 aliphatic rings. The van der Waals surface area contributed by atoms with Crippen LogP contribution in [-0.4, -0.2) is 33.7 Å². The maximum atomic E-state index is 13.3. The molecule has 0 bridgehead atoms. The predicted octanol–water partition coefficient (Wildman–Crippen LogP) is 4.21. The topological polar surface area (TPSA) is 76.8 Å². The third-order valence-corrected chi connectivity index (χ3v) is 7.08. The van der Waals surface area contributed by atoms with Crippen LogP contribution in [0.3, 0.4) is 0 Å². The van der Waals surface area contributed by atoms with Crippen LogP contribution >= 0.6 is 27.3 Å². The van der Waals surface area contributed by atoms with Gasteiger partial charge >= 0.3 is 0 Å². The Bertz CT molecular complexity index is 1520. The maximum absolute atomic E-state index is 13.3. The Morgan fingerprint density at radius 1 is 1.18 bits per heavy atom. The minimum absolute atomic E-state index is 0.228. The van der Waals surface area contributed by atoms with E-state index in [0.717, 1.165) is 34.3 Å². The molecule has 9 heteroatoms. The molecular formula is C25H21BrN4O3S. The van der Waals surface area contributed by atoms with Gasteiger partial charge < -0.3 is 9.64 Å². The summed E-state index contributed by atoms with van der Waals surface area (Å²) in [4.78, 5) is 33.2. The number of benzene rings is 2. The quantitative estimate of drug-likeness (QED) is 0.261. The van der Waals surface area contributed by atoms with E-state index >= 15 is 0 Å². The first-order chi connectivity index (χ1) is 16.5. The van der Waals surface area contributed by atoms with Crippen molar-refractivity contribution < 1.29 is 9.53 Å². The van der Waals surface area contributed by atoms with Gasteiger partial charge in [0.1, 0.15) is 10.3 Å². The van der Waals surface area contributed by atoms with Crippen LogP contribution < -0.4 is 19.7 Å². The van der Waals surface area contributed by atoms with Crippen molar-refractivity contribution in [3.05, 3.63) is 80.0 Å². The highest BCUT2D eigenvalue weighted by atomic mass is 79.9. The largest absolute Gasteiger partial charge is 0.494 e. The molecule has 0 radical (unpaired) electrons. The Hall–Kier alpha value is -3.30. The number of thiazole rings is 1. The zero-order valence-electron chi connectivity index (χ0n) is 18.5. The van der Waals surface area contributed by atoms with Gasteiger partial charge in [0.2, 0.25) is 4.96 Å². The van der Waals surface area contributed by atoms with E-state index in [-0.39, 0.29) is 11.5 Å². The lowest BCUT2D eigenvalue weighted by molar-refractivity contribution is -0.112. The van der Waals surface area contributed by atoms with Crippen LogP contribution in [0.25, 0.3) is 21.9 Å². The molecule has 2 aromatic carbocycles. The number of unbranched alkanes of at least 4 members (excludes halogenated alkanes) is 1. The monoisotopic (exact) mass is 536 g/mol. The zero-order valence-corrected chi connectivity index (χ0v) is 20.9. The molecule has 4 aromatic rings. The van der Waals surface area contributed by atoms with E-state index in [1.807, 2.05) is 42.5 Å². The Morgan fingerprint density at radius 2 is 1.97 bits per heavy atom. The fourth-order valence-electron chi connectivity index (χ4n) is 3.88. The number of fused-ring (bicyclic) bond motifs is 2. The molecule has 34 heavy (non-hydrogen) atoms. The highest BCUT2D eigenvalue weighted by molar-refractivity contribution is 9.10. The van der Waals surface area contributed by atoms with Crippen LogP contribution in [0.15, 0.2) is 64.4 Å². The molecule has 2 aromatic heterocycles. The number of carbonyl (C=O) groups excluding carboxylic acids is 1. The Labute approximate surface area is 208 Å². The SMILES string of the molecule is C=CCN1C(=O)C(=c2sc3nc(-c4ccc(OCCCC)cc4)nn3c2=O)c2cc(Br)ccc21. The Balaban J connectivity index is 1.56. The van der Waals surface area contributed by atoms with Crippen LogP contribution in [0.2, 0.25) is 0 Å². The van der Waals surface area contributed by atoms with E-state index in [0.29, 0.717) is 39.6 Å². The molecule has 0 spiro atoms. The molecule has 0 atom stereocenters. The molecule has 1 aliphatic heterocycles. The van der Waals surface area contributed by atoms with Crippen molar-refractivity contribution in [1.29, 1.82) is 0 Å². The van der Waals surface area contributed by atoms with Crippen molar-refractivity contribution in [2.45, 2.75) is 19.8 Å². The molecule has 5 rings (SSSR count). The summed E-state index contributed by atoms with van der Waals surface area (Å²) in [6.45, 7) is 6.90. The smallest absolute Gasteiger partial charge is 0.291 e. The van der Waals surface area contributed by atoms with E-state index in [2.05, 4.69) is 39.5 Å². The highest BCUT2D eigenvalue weighted by Gasteiger charge is 2.34. The molecule has 7 nitrogen and oxygen atoms in total. The van der Waals surface area contributed by atoms with Crippen molar-refractivity contribution in [1.82, 2.24) is 14.6 Å². The van der Waals surface area contributed by atoms with E-state index in [4.69, 9.17) is 4.74 Å². The second-order valence-electron chi connectivity index (χ2n) is 7.83. The molecule has 0 saturated carbocycles. The first kappa shape index (κ1) is 22.5. The summed E-state index contributed by atoms with van der Waals surface area (Å²) in [7, 11) is 0. The van der Waals surface area contributed by atoms with Crippen molar-refractivity contribution in [2.24, 2.45) is 0 Å². The predicted molar refractivity (Wildman–Crippen MR) is 137 cm³/mol. The van der Waals surface area contributed by atoms with Crippen molar-refractivity contribution in [3.63, 3.8) is 0 Å². The fraction of sp³-hybridized carbons (Fsp3) is 0.200. The summed E-state index contributed by atoms with van der Waals surface area (Å²) >= 11 is 4.64. The van der Waals surface area contributed by atoms with Gasteiger partial charge in [0.15, 0.2) is 5.82 Å². The van der Waals surface area contributed by atoms with E-state index < -0.39 is 0 Å². The third-order valence-electron chi connectivity index (χ3n) is 5.55. The van der Waals surface area contributed by atoms with Gasteiger partial charge in [0.05, 0.1) is 17.9 Å². The summed E-state index contributed by atoms with van der Waals surface area (Å²) in [5, 5.41) is 4.43. The molecule has 0 N–H and O–H groups in total. The number of anilines is 1. The molecule has 3 heterocycles. The maximum Gasteiger partial charge on any atom is 0.291 e. The Morgan fingerprint density at radius 3 is 2.68 bits per heavy atom. The van der Waals surface area contributed by atoms with Crippen LogP contribution in [0.5, 0.6) is 5.75 Å². The molecule has 0 fully saturated rings. The van der Waals surface area contributed by atoms with Gasteiger partial charge in [0, 0.05) is 22.1 Å². The number of rotatable bonds is 7. The lowest BCUT2D eigenvalue weighted by atomic mass is 10.1. The number of ether oxygens (including phenoxy) is 1. The highest BCUT2D eigenvalue weighted by Crippen LogP contribution is 2.37. The van der Waals surface area contributed by atoms with Gasteiger partial charge in [-0.05, 0) is 48.9 Å². The van der Waals surface area contributed by atoms with Crippen LogP contribution in [0, 0.1) is 0 Å². The zero-order chi connectivity index (χ0) is 23.8. The lowest BCUT2D eigenvalue weighted by Crippen LogP contribution is -2.32. The van der Waals surface area contributed by atoms with Crippen molar-refractivity contribution in [2.75, 3.05) is 18.1 Å². The fourth-order valence-corrected chi connectivity index (χ4v) is 5.23. The van der Waals surface area contributed by atoms with Crippen LogP contribution in [0.1, 0.15) is 25.3 Å². The summed E-state index contributed by atoms with van der Waals surface area (Å²) in [6.07, 6.45) is 3.75. The van der Waals surface area contributed by atoms with Crippen molar-refractivity contribution >= 4 is 49.4 Å². The molecule has 0 aliphatic carbocycles. The van der Waals surface area contributed by atoms with Gasteiger partial charge in [-0.2, -0.15) is 9.50 Å². The van der Waals surface area contributed by atoms with Gasteiger partial charge in [-0.3, -0.25) is 9.59 Å². The molecule has 172 valence electrons. The van der Waals surface area contributed by atoms with Crippen LogP contribution in [0.4, 0.5) is 5.69 Å². The molecule has 0 saturated heterocycles. The number of amides is 1. The summed E-state index contributed by atoms with van der Waals surface area (Å²) < 4.78 is 8.13. The number of hydrogen-bond donors (Lipinski definition) is 0. The minimum Gasteiger partial charge on any atom is -0.494 e. The van der Waals surface area contributed by atoms with Gasteiger partial charge in [-0.1, -0.05) is 46.7 Å². The first-order valence-corrected chi connectivity index (χ1v) is 12.5.